The van der Waals surface area contributed by atoms with E-state index in [1.165, 1.54) is 16.2 Å². The molecule has 3 aromatic rings. The molecule has 7 nitrogen and oxygen atoms in total. The molecule has 2 aromatic carbocycles. The number of nitrogens with two attached hydrogens (primary N) is 1. The van der Waals surface area contributed by atoms with Gasteiger partial charge in [0.2, 0.25) is 0 Å². The van der Waals surface area contributed by atoms with Gasteiger partial charge in [-0.3, -0.25) is 4.79 Å². The maximum absolute atomic E-state index is 13.3. The minimum Gasteiger partial charge on any atom is -0.493 e. The van der Waals surface area contributed by atoms with E-state index in [0.29, 0.717) is 42.5 Å². The number of ether oxygens (including phenoxy) is 1. The number of carbonyl (C=O) groups is 2. The first kappa shape index (κ1) is 20.0. The van der Waals surface area contributed by atoms with Crippen molar-refractivity contribution in [2.45, 2.75) is 12.5 Å². The van der Waals surface area contributed by atoms with Gasteiger partial charge in [-0.15, -0.1) is 11.3 Å². The fraction of sp³-hybridized carbons (Fsp3) is 0.273. The minimum absolute atomic E-state index is 0.184. The van der Waals surface area contributed by atoms with Gasteiger partial charge in [0.1, 0.15) is 5.75 Å². The highest BCUT2D eigenvalue weighted by Gasteiger charge is 2.35. The molecule has 3 heterocycles. The van der Waals surface area contributed by atoms with Crippen molar-refractivity contribution in [3.8, 4) is 16.9 Å². The number of anilines is 1. The monoisotopic (exact) mass is 457 g/mol. The zero-order valence-corrected chi connectivity index (χ0v) is 18.1. The van der Waals surface area contributed by atoms with Gasteiger partial charge in [0.15, 0.2) is 0 Å². The van der Waals surface area contributed by atoms with E-state index >= 15 is 0 Å². The lowest BCUT2D eigenvalue weighted by Gasteiger charge is -2.41. The second-order valence-electron chi connectivity index (χ2n) is 7.71. The quantitative estimate of drug-likeness (QED) is 0.565. The highest BCUT2D eigenvalue weighted by atomic mass is 35.5. The maximum atomic E-state index is 13.3. The molecule has 1 aromatic heterocycles. The van der Waals surface area contributed by atoms with E-state index in [4.69, 9.17) is 22.1 Å². The maximum Gasteiger partial charge on any atom is 0.407 e. The fourth-order valence-electron chi connectivity index (χ4n) is 4.36. The number of piperazine rings is 1. The number of rotatable bonds is 1. The predicted octanol–water partition coefficient (Wildman–Crippen LogP) is 4.39. The number of carboxylic acid groups (broad SMARTS) is 1. The Morgan fingerprint density at radius 1 is 1.19 bits per heavy atom. The summed E-state index contributed by atoms with van der Waals surface area (Å²) in [5.41, 5.74) is 8.12. The Balaban J connectivity index is 1.55. The molecule has 1 saturated heterocycles. The molecule has 0 spiro atoms. The summed E-state index contributed by atoms with van der Waals surface area (Å²) in [4.78, 5) is 27.8. The van der Waals surface area contributed by atoms with Gasteiger partial charge in [-0.2, -0.15) is 0 Å². The van der Waals surface area contributed by atoms with Gasteiger partial charge in [0.25, 0.3) is 5.91 Å². The molecule has 160 valence electrons. The van der Waals surface area contributed by atoms with Gasteiger partial charge in [-0.05, 0) is 29.8 Å². The van der Waals surface area contributed by atoms with Gasteiger partial charge in [0, 0.05) is 46.7 Å². The molecule has 0 saturated carbocycles. The normalized spacial score (nSPS) is 18.7. The third kappa shape index (κ3) is 3.45. The van der Waals surface area contributed by atoms with Crippen molar-refractivity contribution in [3.63, 3.8) is 0 Å². The van der Waals surface area contributed by atoms with Crippen LogP contribution in [0.1, 0.15) is 16.8 Å². The Morgan fingerprint density at radius 3 is 2.84 bits per heavy atom. The number of fused-ring (bicyclic) bond motifs is 3. The number of nitrogen functional groups attached to an aromatic ring is 1. The Morgan fingerprint density at radius 2 is 2.03 bits per heavy atom. The van der Waals surface area contributed by atoms with Crippen molar-refractivity contribution in [1.29, 1.82) is 0 Å². The first-order chi connectivity index (χ1) is 14.9. The third-order valence-electron chi connectivity index (χ3n) is 5.89. The fourth-order valence-corrected chi connectivity index (χ4v) is 5.49. The van der Waals surface area contributed by atoms with Crippen LogP contribution in [0, 0.1) is 0 Å². The van der Waals surface area contributed by atoms with E-state index < -0.39 is 6.09 Å². The molecular formula is C22H20ClN3O4S. The highest BCUT2D eigenvalue weighted by molar-refractivity contribution is 7.22. The summed E-state index contributed by atoms with van der Waals surface area (Å²) in [5, 5.41) is 11.5. The number of hydrogen-bond donors (Lipinski definition) is 2. The number of amides is 2. The summed E-state index contributed by atoms with van der Waals surface area (Å²) in [6.45, 7) is 1.31. The van der Waals surface area contributed by atoms with Crippen LogP contribution in [-0.4, -0.2) is 59.2 Å². The lowest BCUT2D eigenvalue weighted by molar-refractivity contribution is 0.0374. The number of thiophene rings is 1. The molecule has 0 bridgehead atoms. The van der Waals surface area contributed by atoms with E-state index in [2.05, 4.69) is 0 Å². The molecule has 2 aliphatic rings. The molecule has 5 rings (SSSR count). The third-order valence-corrected chi connectivity index (χ3v) is 7.14. The van der Waals surface area contributed by atoms with Crippen LogP contribution in [0.2, 0.25) is 5.02 Å². The molecule has 2 amide bonds. The smallest absolute Gasteiger partial charge is 0.407 e. The van der Waals surface area contributed by atoms with Crippen molar-refractivity contribution < 1.29 is 19.4 Å². The van der Waals surface area contributed by atoms with Crippen molar-refractivity contribution in [3.05, 3.63) is 47.0 Å². The van der Waals surface area contributed by atoms with E-state index in [9.17, 15) is 14.7 Å². The van der Waals surface area contributed by atoms with Gasteiger partial charge >= 0.3 is 6.09 Å². The van der Waals surface area contributed by atoms with Crippen LogP contribution in [0.4, 0.5) is 9.80 Å². The zero-order chi connectivity index (χ0) is 21.7. The average Bonchev–Trinajstić information content (AvgIpc) is 3.13. The van der Waals surface area contributed by atoms with E-state index in [1.54, 1.807) is 11.0 Å². The van der Waals surface area contributed by atoms with Gasteiger partial charge in [-0.1, -0.05) is 23.7 Å². The van der Waals surface area contributed by atoms with Crippen molar-refractivity contribution in [2.24, 2.45) is 0 Å². The molecule has 3 N–H and O–H groups in total. The Hall–Kier alpha value is -2.97. The van der Waals surface area contributed by atoms with E-state index in [0.717, 1.165) is 26.2 Å². The summed E-state index contributed by atoms with van der Waals surface area (Å²) < 4.78 is 7.05. The molecular weight excluding hydrogens is 438 g/mol. The Kier molecular flexibility index (Phi) is 4.91. The van der Waals surface area contributed by atoms with Gasteiger partial charge < -0.3 is 25.4 Å². The first-order valence-electron chi connectivity index (χ1n) is 9.96. The lowest BCUT2D eigenvalue weighted by atomic mass is 9.98. The summed E-state index contributed by atoms with van der Waals surface area (Å²) in [5.74, 6) is 0.305. The van der Waals surface area contributed by atoms with E-state index in [1.807, 2.05) is 30.3 Å². The standard InChI is InChI=1S/C22H20ClN3O4S/c23-17-8-16-18(9-14(17)13-2-1-3-19-15(13)10-20(24)31-19)30-7-4-12-11-25(22(28)29)5-6-26(12)21(16)27/h1-3,8-10,12H,4-7,11,24H2,(H,28,29)/t12-/m0/s1. The van der Waals surface area contributed by atoms with Crippen LogP contribution < -0.4 is 10.5 Å². The van der Waals surface area contributed by atoms with Gasteiger partial charge in [-0.25, -0.2) is 4.79 Å². The second kappa shape index (κ2) is 7.62. The SMILES string of the molecule is Nc1cc2c(-c3cc4c(cc3Cl)C(=O)N3CCN(C(=O)O)C[C@@H]3CCO4)cccc2s1. The van der Waals surface area contributed by atoms with E-state index in [-0.39, 0.29) is 18.5 Å². The van der Waals surface area contributed by atoms with Crippen LogP contribution in [0.15, 0.2) is 36.4 Å². The van der Waals surface area contributed by atoms with Crippen molar-refractivity contribution in [1.82, 2.24) is 9.80 Å². The number of carbonyl (C=O) groups excluding carboxylic acids is 1. The van der Waals surface area contributed by atoms with Crippen molar-refractivity contribution in [2.75, 3.05) is 32.0 Å². The number of benzene rings is 2. The molecule has 2 aliphatic heterocycles. The molecule has 0 unspecified atom stereocenters. The van der Waals surface area contributed by atoms with Crippen LogP contribution in [-0.2, 0) is 0 Å². The zero-order valence-electron chi connectivity index (χ0n) is 16.5. The second-order valence-corrected chi connectivity index (χ2v) is 9.24. The molecule has 1 fully saturated rings. The molecule has 1 atom stereocenters. The van der Waals surface area contributed by atoms with Crippen molar-refractivity contribution >= 4 is 50.0 Å². The summed E-state index contributed by atoms with van der Waals surface area (Å²) in [6, 6.07) is 11.2. The molecule has 9 heteroatoms. The largest absolute Gasteiger partial charge is 0.493 e. The van der Waals surface area contributed by atoms with Gasteiger partial charge in [0.05, 0.1) is 23.2 Å². The summed E-state index contributed by atoms with van der Waals surface area (Å²) >= 11 is 8.18. The topological polar surface area (TPSA) is 96.1 Å². The summed E-state index contributed by atoms with van der Waals surface area (Å²) in [6.07, 6.45) is -0.407. The lowest BCUT2D eigenvalue weighted by Crippen LogP contribution is -2.57. The average molecular weight is 458 g/mol. The summed E-state index contributed by atoms with van der Waals surface area (Å²) in [7, 11) is 0. The molecule has 31 heavy (non-hydrogen) atoms. The molecule has 0 aliphatic carbocycles. The Bertz CT molecular complexity index is 1210. The number of nitrogens with zero attached hydrogens (tertiary/aromatic N) is 2. The minimum atomic E-state index is -0.966. The first-order valence-corrected chi connectivity index (χ1v) is 11.2. The van der Waals surface area contributed by atoms with Crippen LogP contribution in [0.3, 0.4) is 0 Å². The molecule has 0 radical (unpaired) electrons. The van der Waals surface area contributed by atoms with Crippen LogP contribution in [0.5, 0.6) is 5.75 Å². The Labute approximate surface area is 187 Å². The highest BCUT2D eigenvalue weighted by Crippen LogP contribution is 2.41. The number of halogens is 1. The predicted molar refractivity (Wildman–Crippen MR) is 121 cm³/mol. The number of hydrogen-bond acceptors (Lipinski definition) is 5. The van der Waals surface area contributed by atoms with Crippen LogP contribution >= 0.6 is 22.9 Å². The van der Waals surface area contributed by atoms with Crippen LogP contribution in [0.25, 0.3) is 21.2 Å².